The summed E-state index contributed by atoms with van der Waals surface area (Å²) in [6, 6.07) is 0.836. The van der Waals surface area contributed by atoms with Crippen molar-refractivity contribution in [2.45, 2.75) is 45.6 Å². The van der Waals surface area contributed by atoms with E-state index in [1.165, 1.54) is 52.0 Å². The maximum absolute atomic E-state index is 5.77. The molecule has 0 radical (unpaired) electrons. The first-order valence-electron chi connectivity index (χ1n) is 7.25. The van der Waals surface area contributed by atoms with E-state index in [0.717, 1.165) is 12.5 Å². The number of rotatable bonds is 5. The highest BCUT2D eigenvalue weighted by Crippen LogP contribution is 2.24. The van der Waals surface area contributed by atoms with E-state index in [9.17, 15) is 0 Å². The Morgan fingerprint density at radius 2 is 2.11 bits per heavy atom. The molecular weight excluding hydrogens is 242 g/mol. The molecule has 0 bridgehead atoms. The molecule has 2 aliphatic heterocycles. The van der Waals surface area contributed by atoms with Crippen molar-refractivity contribution in [3.63, 3.8) is 0 Å². The second-order valence-electron chi connectivity index (χ2n) is 6.48. The molecule has 2 fully saturated rings. The van der Waals surface area contributed by atoms with Crippen LogP contribution >= 0.6 is 12.2 Å². The van der Waals surface area contributed by atoms with Crippen LogP contribution < -0.4 is 5.73 Å². The molecule has 2 aliphatic rings. The summed E-state index contributed by atoms with van der Waals surface area (Å²) in [6.07, 6.45) is 5.10. The summed E-state index contributed by atoms with van der Waals surface area (Å²) in [5.74, 6) is 0. The molecule has 1 unspecified atom stereocenters. The van der Waals surface area contributed by atoms with Gasteiger partial charge >= 0.3 is 0 Å². The van der Waals surface area contributed by atoms with E-state index in [0.29, 0.717) is 4.99 Å². The fraction of sp³-hybridized carbons (Fsp3) is 0.929. The van der Waals surface area contributed by atoms with Crippen LogP contribution in [0.3, 0.4) is 0 Å². The number of nitrogens with two attached hydrogens (primary N) is 1. The predicted octanol–water partition coefficient (Wildman–Crippen LogP) is 1.86. The molecule has 0 spiro atoms. The number of nitrogens with zero attached hydrogens (tertiary/aromatic N) is 2. The molecule has 104 valence electrons. The third-order valence-corrected chi connectivity index (χ3v) is 5.17. The zero-order chi connectivity index (χ0) is 13.2. The smallest absolute Gasteiger partial charge is 0.0784 e. The summed E-state index contributed by atoms with van der Waals surface area (Å²) in [5, 5.41) is 0. The zero-order valence-corrected chi connectivity index (χ0v) is 12.6. The predicted molar refractivity (Wildman–Crippen MR) is 80.8 cm³/mol. The Balaban J connectivity index is 1.70. The summed E-state index contributed by atoms with van der Waals surface area (Å²) < 4.78 is 0. The van der Waals surface area contributed by atoms with Crippen LogP contribution in [0.1, 0.15) is 39.5 Å². The van der Waals surface area contributed by atoms with Crippen molar-refractivity contribution < 1.29 is 0 Å². The van der Waals surface area contributed by atoms with Crippen LogP contribution in [0.2, 0.25) is 0 Å². The quantitative estimate of drug-likeness (QED) is 0.772. The lowest BCUT2D eigenvalue weighted by Gasteiger charge is -2.38. The molecule has 0 aliphatic carbocycles. The molecule has 2 heterocycles. The highest BCUT2D eigenvalue weighted by molar-refractivity contribution is 7.80. The summed E-state index contributed by atoms with van der Waals surface area (Å²) in [4.78, 5) is 5.94. The van der Waals surface area contributed by atoms with Gasteiger partial charge in [0.1, 0.15) is 0 Å². The molecule has 0 amide bonds. The summed E-state index contributed by atoms with van der Waals surface area (Å²) in [6.45, 7) is 10.6. The third-order valence-electron chi connectivity index (χ3n) is 4.61. The van der Waals surface area contributed by atoms with E-state index in [4.69, 9.17) is 18.0 Å². The van der Waals surface area contributed by atoms with Gasteiger partial charge in [-0.1, -0.05) is 26.1 Å². The molecular formula is C14H27N3S. The molecule has 18 heavy (non-hydrogen) atoms. The van der Waals surface area contributed by atoms with Gasteiger partial charge in [-0.3, -0.25) is 4.90 Å². The first-order chi connectivity index (χ1) is 8.49. The lowest BCUT2D eigenvalue weighted by Crippen LogP contribution is -2.50. The van der Waals surface area contributed by atoms with E-state index in [1.54, 1.807) is 0 Å². The van der Waals surface area contributed by atoms with Crippen LogP contribution in [-0.2, 0) is 0 Å². The van der Waals surface area contributed by atoms with Gasteiger partial charge < -0.3 is 10.6 Å². The van der Waals surface area contributed by atoms with Gasteiger partial charge in [-0.25, -0.2) is 0 Å². The van der Waals surface area contributed by atoms with E-state index >= 15 is 0 Å². The minimum Gasteiger partial charge on any atom is -0.393 e. The molecule has 4 heteroatoms. The van der Waals surface area contributed by atoms with Gasteiger partial charge in [0.25, 0.3) is 0 Å². The van der Waals surface area contributed by atoms with Crippen molar-refractivity contribution in [3.05, 3.63) is 0 Å². The molecule has 3 nitrogen and oxygen atoms in total. The molecule has 1 atom stereocenters. The normalized spacial score (nSPS) is 26.2. The maximum atomic E-state index is 5.77. The molecule has 0 aromatic carbocycles. The van der Waals surface area contributed by atoms with Crippen LogP contribution in [0.5, 0.6) is 0 Å². The summed E-state index contributed by atoms with van der Waals surface area (Å²) >= 11 is 5.12. The number of fused-ring (bicyclic) bond motifs is 1. The molecule has 0 aromatic rings. The average Bonchev–Trinajstić information content (AvgIpc) is 2.75. The summed E-state index contributed by atoms with van der Waals surface area (Å²) in [7, 11) is 0. The van der Waals surface area contributed by atoms with Crippen LogP contribution in [0.4, 0.5) is 0 Å². The van der Waals surface area contributed by atoms with Crippen LogP contribution in [0.15, 0.2) is 0 Å². The molecule has 2 N–H and O–H groups in total. The number of hydrogen-bond acceptors (Lipinski definition) is 3. The van der Waals surface area contributed by atoms with E-state index < -0.39 is 0 Å². The molecule has 0 aromatic heterocycles. The Morgan fingerprint density at radius 1 is 1.33 bits per heavy atom. The SMILES string of the molecule is CC(C)(CCCN1CCN2CCCC2C1)C(N)=S. The number of piperazine rings is 1. The van der Waals surface area contributed by atoms with E-state index in [-0.39, 0.29) is 5.41 Å². The molecule has 2 rings (SSSR count). The maximum Gasteiger partial charge on any atom is 0.0784 e. The molecule has 2 saturated heterocycles. The second-order valence-corrected chi connectivity index (χ2v) is 6.92. The van der Waals surface area contributed by atoms with Crippen molar-refractivity contribution in [3.8, 4) is 0 Å². The first kappa shape index (κ1) is 14.2. The minimum atomic E-state index is 0.0184. The van der Waals surface area contributed by atoms with Crippen LogP contribution in [0, 0.1) is 5.41 Å². The topological polar surface area (TPSA) is 32.5 Å². The average molecular weight is 269 g/mol. The first-order valence-corrected chi connectivity index (χ1v) is 7.66. The largest absolute Gasteiger partial charge is 0.393 e. The Bertz CT molecular complexity index is 303. The fourth-order valence-electron chi connectivity index (χ4n) is 3.13. The van der Waals surface area contributed by atoms with E-state index in [2.05, 4.69) is 23.6 Å². The van der Waals surface area contributed by atoms with Gasteiger partial charge in [-0.05, 0) is 38.8 Å². The minimum absolute atomic E-state index is 0.0184. The van der Waals surface area contributed by atoms with Crippen molar-refractivity contribution in [1.82, 2.24) is 9.80 Å². The monoisotopic (exact) mass is 269 g/mol. The lowest BCUT2D eigenvalue weighted by atomic mass is 9.88. The Hall–Kier alpha value is -0.190. The van der Waals surface area contributed by atoms with Crippen molar-refractivity contribution in [2.24, 2.45) is 11.1 Å². The van der Waals surface area contributed by atoms with Gasteiger partial charge in [0, 0.05) is 31.1 Å². The Kier molecular flexibility index (Phi) is 4.62. The van der Waals surface area contributed by atoms with E-state index in [1.807, 2.05) is 0 Å². The van der Waals surface area contributed by atoms with Crippen LogP contribution in [0.25, 0.3) is 0 Å². The number of thiocarbonyl (C=S) groups is 1. The van der Waals surface area contributed by atoms with Crippen molar-refractivity contribution >= 4 is 17.2 Å². The Labute approximate surface area is 117 Å². The van der Waals surface area contributed by atoms with Crippen molar-refractivity contribution in [1.29, 1.82) is 0 Å². The molecule has 0 saturated carbocycles. The lowest BCUT2D eigenvalue weighted by molar-refractivity contribution is 0.102. The fourth-order valence-corrected chi connectivity index (χ4v) is 3.23. The zero-order valence-electron chi connectivity index (χ0n) is 11.8. The van der Waals surface area contributed by atoms with Gasteiger partial charge in [-0.15, -0.1) is 0 Å². The van der Waals surface area contributed by atoms with Gasteiger partial charge in [0.2, 0.25) is 0 Å². The standard InChI is InChI=1S/C14H27N3S/c1-14(2,13(15)18)6-4-7-16-9-10-17-8-3-5-12(17)11-16/h12H,3-11H2,1-2H3,(H2,15,18). The highest BCUT2D eigenvalue weighted by atomic mass is 32.1. The van der Waals surface area contributed by atoms with Gasteiger partial charge in [0.05, 0.1) is 4.99 Å². The van der Waals surface area contributed by atoms with Gasteiger partial charge in [0.15, 0.2) is 0 Å². The summed E-state index contributed by atoms with van der Waals surface area (Å²) in [5.41, 5.74) is 5.79. The highest BCUT2D eigenvalue weighted by Gasteiger charge is 2.30. The van der Waals surface area contributed by atoms with Crippen LogP contribution in [-0.4, -0.2) is 53.6 Å². The Morgan fingerprint density at radius 3 is 2.83 bits per heavy atom. The second kappa shape index (κ2) is 5.85. The van der Waals surface area contributed by atoms with Crippen molar-refractivity contribution in [2.75, 3.05) is 32.7 Å². The third kappa shape index (κ3) is 3.43. The number of hydrogen-bond donors (Lipinski definition) is 1. The van der Waals surface area contributed by atoms with Gasteiger partial charge in [-0.2, -0.15) is 0 Å².